The van der Waals surface area contributed by atoms with Gasteiger partial charge in [0.2, 0.25) is 0 Å². The smallest absolute Gasteiger partial charge is 0.154 e. The standard InChI is InChI=1S/C10H14N6/c1-15(6-3-9(11)12)10-8-2-4-14-16(8)7-5-13-10/h2,4-5,7H,3,6H2,1H3,(H3,11,12). The third kappa shape index (κ3) is 1.95. The molecular formula is C10H14N6. The first kappa shape index (κ1) is 10.4. The van der Waals surface area contributed by atoms with Crippen molar-refractivity contribution < 1.29 is 0 Å². The quantitative estimate of drug-likeness (QED) is 0.578. The largest absolute Gasteiger partial charge is 0.388 e. The summed E-state index contributed by atoms with van der Waals surface area (Å²) >= 11 is 0. The summed E-state index contributed by atoms with van der Waals surface area (Å²) in [5.74, 6) is 1.04. The van der Waals surface area contributed by atoms with E-state index in [2.05, 4.69) is 10.1 Å². The van der Waals surface area contributed by atoms with Crippen LogP contribution in [0.25, 0.3) is 5.52 Å². The first-order valence-corrected chi connectivity index (χ1v) is 5.01. The molecule has 0 saturated heterocycles. The van der Waals surface area contributed by atoms with Gasteiger partial charge in [0.05, 0.1) is 12.0 Å². The summed E-state index contributed by atoms with van der Waals surface area (Å²) in [6, 6.07) is 1.91. The predicted molar refractivity (Wildman–Crippen MR) is 62.8 cm³/mol. The van der Waals surface area contributed by atoms with E-state index in [1.165, 1.54) is 0 Å². The zero-order valence-corrected chi connectivity index (χ0v) is 9.09. The molecular weight excluding hydrogens is 204 g/mol. The topological polar surface area (TPSA) is 83.3 Å². The summed E-state index contributed by atoms with van der Waals surface area (Å²) < 4.78 is 1.77. The Labute approximate surface area is 93.2 Å². The highest BCUT2D eigenvalue weighted by Gasteiger charge is 2.08. The second kappa shape index (κ2) is 4.18. The van der Waals surface area contributed by atoms with Crippen LogP contribution in [0.5, 0.6) is 0 Å². The van der Waals surface area contributed by atoms with Gasteiger partial charge in [-0.2, -0.15) is 5.10 Å². The Balaban J connectivity index is 2.25. The molecule has 16 heavy (non-hydrogen) atoms. The number of anilines is 1. The molecule has 0 saturated carbocycles. The Bertz CT molecular complexity index is 503. The second-order valence-electron chi connectivity index (χ2n) is 3.61. The molecule has 6 nitrogen and oxygen atoms in total. The molecule has 0 amide bonds. The van der Waals surface area contributed by atoms with Crippen molar-refractivity contribution in [2.75, 3.05) is 18.5 Å². The summed E-state index contributed by atoms with van der Waals surface area (Å²) in [6.07, 6.45) is 5.78. The summed E-state index contributed by atoms with van der Waals surface area (Å²) in [7, 11) is 1.93. The van der Waals surface area contributed by atoms with E-state index >= 15 is 0 Å². The normalized spacial score (nSPS) is 10.6. The van der Waals surface area contributed by atoms with Crippen LogP contribution < -0.4 is 10.6 Å². The molecule has 2 aromatic rings. The average molecular weight is 218 g/mol. The molecule has 0 aliphatic heterocycles. The van der Waals surface area contributed by atoms with Gasteiger partial charge >= 0.3 is 0 Å². The fourth-order valence-corrected chi connectivity index (χ4v) is 1.53. The SMILES string of the molecule is CN(CCC(=N)N)c1nccn2nccc12. The molecule has 2 aromatic heterocycles. The number of hydrogen-bond acceptors (Lipinski definition) is 4. The van der Waals surface area contributed by atoms with E-state index in [1.807, 2.05) is 18.0 Å². The number of aromatic nitrogens is 3. The number of nitrogens with one attached hydrogen (secondary N) is 1. The van der Waals surface area contributed by atoms with Crippen LogP contribution in [0.4, 0.5) is 5.82 Å². The Morgan fingerprint density at radius 2 is 2.38 bits per heavy atom. The summed E-state index contributed by atoms with van der Waals surface area (Å²) in [4.78, 5) is 6.28. The molecule has 2 heterocycles. The molecule has 0 aliphatic carbocycles. The van der Waals surface area contributed by atoms with E-state index in [0.717, 1.165) is 11.3 Å². The fraction of sp³-hybridized carbons (Fsp3) is 0.300. The molecule has 2 rings (SSSR count). The van der Waals surface area contributed by atoms with Crippen molar-refractivity contribution >= 4 is 17.2 Å². The van der Waals surface area contributed by atoms with Gasteiger partial charge in [0.15, 0.2) is 5.82 Å². The van der Waals surface area contributed by atoms with E-state index in [0.29, 0.717) is 13.0 Å². The molecule has 0 aliphatic rings. The van der Waals surface area contributed by atoms with E-state index in [-0.39, 0.29) is 5.84 Å². The minimum atomic E-state index is 0.187. The van der Waals surface area contributed by atoms with Gasteiger partial charge in [-0.05, 0) is 6.07 Å². The van der Waals surface area contributed by atoms with Crippen LogP contribution in [-0.4, -0.2) is 34.0 Å². The van der Waals surface area contributed by atoms with Gasteiger partial charge in [-0.25, -0.2) is 9.50 Å². The van der Waals surface area contributed by atoms with Crippen LogP contribution in [0.15, 0.2) is 24.7 Å². The average Bonchev–Trinajstić information content (AvgIpc) is 2.73. The Kier molecular flexibility index (Phi) is 2.72. The Morgan fingerprint density at radius 1 is 1.56 bits per heavy atom. The van der Waals surface area contributed by atoms with Gasteiger partial charge in [0, 0.05) is 32.4 Å². The van der Waals surface area contributed by atoms with Crippen molar-refractivity contribution in [2.45, 2.75) is 6.42 Å². The van der Waals surface area contributed by atoms with E-state index < -0.39 is 0 Å². The maximum atomic E-state index is 7.20. The van der Waals surface area contributed by atoms with Crippen LogP contribution in [0, 0.1) is 5.41 Å². The van der Waals surface area contributed by atoms with Crippen LogP contribution >= 0.6 is 0 Å². The van der Waals surface area contributed by atoms with E-state index in [9.17, 15) is 0 Å². The highest BCUT2D eigenvalue weighted by Crippen LogP contribution is 2.16. The van der Waals surface area contributed by atoms with Crippen LogP contribution in [0.3, 0.4) is 0 Å². The number of rotatable bonds is 4. The Hall–Kier alpha value is -2.11. The zero-order chi connectivity index (χ0) is 11.5. The summed E-state index contributed by atoms with van der Waals surface area (Å²) in [5, 5.41) is 11.3. The second-order valence-corrected chi connectivity index (χ2v) is 3.61. The Morgan fingerprint density at radius 3 is 3.12 bits per heavy atom. The predicted octanol–water partition coefficient (Wildman–Crippen LogP) is 0.492. The lowest BCUT2D eigenvalue weighted by Gasteiger charge is -2.18. The molecule has 0 spiro atoms. The van der Waals surface area contributed by atoms with E-state index in [4.69, 9.17) is 11.1 Å². The fourth-order valence-electron chi connectivity index (χ4n) is 1.53. The molecule has 3 N–H and O–H groups in total. The highest BCUT2D eigenvalue weighted by molar-refractivity contribution is 5.77. The van der Waals surface area contributed by atoms with Gasteiger partial charge in [0.25, 0.3) is 0 Å². The van der Waals surface area contributed by atoms with Crippen molar-refractivity contribution in [1.29, 1.82) is 5.41 Å². The van der Waals surface area contributed by atoms with Gasteiger partial charge in [-0.1, -0.05) is 0 Å². The van der Waals surface area contributed by atoms with Gasteiger partial charge < -0.3 is 10.6 Å². The number of fused-ring (bicyclic) bond motifs is 1. The molecule has 84 valence electrons. The van der Waals surface area contributed by atoms with Crippen LogP contribution in [-0.2, 0) is 0 Å². The first-order chi connectivity index (χ1) is 7.68. The lowest BCUT2D eigenvalue weighted by atomic mass is 10.3. The first-order valence-electron chi connectivity index (χ1n) is 5.01. The molecule has 0 radical (unpaired) electrons. The zero-order valence-electron chi connectivity index (χ0n) is 9.09. The van der Waals surface area contributed by atoms with Crippen molar-refractivity contribution in [1.82, 2.24) is 14.6 Å². The minimum absolute atomic E-state index is 0.187. The van der Waals surface area contributed by atoms with Crippen LogP contribution in [0.1, 0.15) is 6.42 Å². The van der Waals surface area contributed by atoms with Crippen molar-refractivity contribution in [3.05, 3.63) is 24.7 Å². The third-order valence-corrected chi connectivity index (χ3v) is 2.38. The molecule has 0 atom stereocenters. The highest BCUT2D eigenvalue weighted by atomic mass is 15.3. The van der Waals surface area contributed by atoms with Gasteiger partial charge in [-0.15, -0.1) is 0 Å². The van der Waals surface area contributed by atoms with Crippen molar-refractivity contribution in [3.63, 3.8) is 0 Å². The minimum Gasteiger partial charge on any atom is -0.388 e. The molecule has 0 unspecified atom stereocenters. The third-order valence-electron chi connectivity index (χ3n) is 2.38. The molecule has 0 bridgehead atoms. The maximum Gasteiger partial charge on any atom is 0.154 e. The van der Waals surface area contributed by atoms with Crippen molar-refractivity contribution in [3.8, 4) is 0 Å². The van der Waals surface area contributed by atoms with E-state index in [1.54, 1.807) is 23.1 Å². The summed E-state index contributed by atoms with van der Waals surface area (Å²) in [5.41, 5.74) is 6.28. The molecule has 6 heteroatoms. The molecule has 0 fully saturated rings. The number of nitrogens with two attached hydrogens (primary N) is 1. The number of hydrogen-bond donors (Lipinski definition) is 2. The lowest BCUT2D eigenvalue weighted by Crippen LogP contribution is -2.24. The number of amidine groups is 1. The van der Waals surface area contributed by atoms with Crippen LogP contribution in [0.2, 0.25) is 0 Å². The molecule has 0 aromatic carbocycles. The number of nitrogens with zero attached hydrogens (tertiary/aromatic N) is 4. The lowest BCUT2D eigenvalue weighted by molar-refractivity contribution is 0.873. The van der Waals surface area contributed by atoms with Gasteiger partial charge in [-0.3, -0.25) is 5.41 Å². The van der Waals surface area contributed by atoms with Gasteiger partial charge in [0.1, 0.15) is 5.52 Å². The summed E-state index contributed by atoms with van der Waals surface area (Å²) in [6.45, 7) is 0.674. The van der Waals surface area contributed by atoms with Crippen molar-refractivity contribution in [2.24, 2.45) is 5.73 Å². The maximum absolute atomic E-state index is 7.20. The monoisotopic (exact) mass is 218 g/mol.